The molecule has 0 saturated carbocycles. The molecule has 0 radical (unpaired) electrons. The largest absolute Gasteiger partial charge is 0.497 e. The van der Waals surface area contributed by atoms with Crippen LogP contribution in [0.25, 0.3) is 5.69 Å². The van der Waals surface area contributed by atoms with Gasteiger partial charge in [0.15, 0.2) is 5.78 Å². The van der Waals surface area contributed by atoms with Gasteiger partial charge in [-0.3, -0.25) is 19.4 Å². The van der Waals surface area contributed by atoms with Crippen LogP contribution in [-0.4, -0.2) is 46.9 Å². The lowest BCUT2D eigenvalue weighted by atomic mass is 10.1. The number of carbonyl (C=O) groups excluding carboxylic acids is 3. The Morgan fingerprint density at radius 2 is 1.55 bits per heavy atom. The fraction of sp³-hybridized carbons (Fsp3) is 0.269. The molecule has 0 N–H and O–H groups in total. The Morgan fingerprint density at radius 1 is 0.939 bits per heavy atom. The lowest BCUT2D eigenvalue weighted by Gasteiger charge is -2.19. The summed E-state index contributed by atoms with van der Waals surface area (Å²) in [5.74, 6) is 0.0937. The number of amides is 3. The van der Waals surface area contributed by atoms with Gasteiger partial charge >= 0.3 is 6.03 Å². The van der Waals surface area contributed by atoms with E-state index in [1.165, 1.54) is 4.90 Å². The van der Waals surface area contributed by atoms with Gasteiger partial charge in [-0.2, -0.15) is 0 Å². The summed E-state index contributed by atoms with van der Waals surface area (Å²) in [5, 5.41) is 0. The van der Waals surface area contributed by atoms with Crippen LogP contribution in [0.3, 0.4) is 0 Å². The summed E-state index contributed by atoms with van der Waals surface area (Å²) in [5.41, 5.74) is 4.73. The molecule has 2 aromatic carbocycles. The van der Waals surface area contributed by atoms with Gasteiger partial charge in [0, 0.05) is 28.3 Å². The van der Waals surface area contributed by atoms with E-state index in [1.807, 2.05) is 73.9 Å². The predicted octanol–water partition coefficient (Wildman–Crippen LogP) is 4.45. The van der Waals surface area contributed by atoms with Crippen LogP contribution < -0.4 is 9.64 Å². The zero-order chi connectivity index (χ0) is 23.9. The normalized spacial score (nSPS) is 16.0. The standard InChI is InChI=1S/C26H27N3O4/c1-16-6-8-21(9-7-16)29-19(4)25(31)27(26(29)32)15-24(30)23-14-17(2)28(18(23)3)20-10-12-22(33-5)13-11-20/h6-14,19H,15H2,1-5H3/t19-/m1/s1. The summed E-state index contributed by atoms with van der Waals surface area (Å²) >= 11 is 0. The van der Waals surface area contributed by atoms with Crippen LogP contribution in [0, 0.1) is 20.8 Å². The van der Waals surface area contributed by atoms with Crippen molar-refractivity contribution >= 4 is 23.4 Å². The predicted molar refractivity (Wildman–Crippen MR) is 126 cm³/mol. The Bertz CT molecular complexity index is 1230. The van der Waals surface area contributed by atoms with Gasteiger partial charge in [0.25, 0.3) is 5.91 Å². The Kier molecular flexibility index (Phi) is 5.80. The Morgan fingerprint density at radius 3 is 2.15 bits per heavy atom. The molecular weight excluding hydrogens is 418 g/mol. The topological polar surface area (TPSA) is 71.8 Å². The monoisotopic (exact) mass is 445 g/mol. The quantitative estimate of drug-likeness (QED) is 0.415. The first-order valence-electron chi connectivity index (χ1n) is 10.8. The molecule has 1 fully saturated rings. The van der Waals surface area contributed by atoms with E-state index in [2.05, 4.69) is 0 Å². The van der Waals surface area contributed by atoms with Gasteiger partial charge < -0.3 is 9.30 Å². The summed E-state index contributed by atoms with van der Waals surface area (Å²) in [6.07, 6.45) is 0. The van der Waals surface area contributed by atoms with Crippen molar-refractivity contribution in [3.05, 3.63) is 77.1 Å². The maximum atomic E-state index is 13.2. The number of anilines is 1. The number of aromatic nitrogens is 1. The molecule has 4 rings (SSSR count). The number of nitrogens with zero attached hydrogens (tertiary/aromatic N) is 3. The third kappa shape index (κ3) is 3.91. The van der Waals surface area contributed by atoms with Crippen molar-refractivity contribution in [1.82, 2.24) is 9.47 Å². The van der Waals surface area contributed by atoms with Crippen LogP contribution in [-0.2, 0) is 4.79 Å². The molecule has 0 unspecified atom stereocenters. The van der Waals surface area contributed by atoms with Gasteiger partial charge in [-0.25, -0.2) is 4.79 Å². The van der Waals surface area contributed by atoms with E-state index in [4.69, 9.17) is 4.74 Å². The van der Waals surface area contributed by atoms with Gasteiger partial charge in [0.2, 0.25) is 0 Å². The van der Waals surface area contributed by atoms with Crippen molar-refractivity contribution in [1.29, 1.82) is 0 Å². The van der Waals surface area contributed by atoms with E-state index in [-0.39, 0.29) is 18.2 Å². The number of ether oxygens (including phenoxy) is 1. The summed E-state index contributed by atoms with van der Waals surface area (Å²) in [6.45, 7) is 7.12. The first-order valence-corrected chi connectivity index (χ1v) is 10.8. The van der Waals surface area contributed by atoms with Crippen molar-refractivity contribution in [2.45, 2.75) is 33.7 Å². The minimum absolute atomic E-state index is 0.275. The molecule has 1 saturated heterocycles. The van der Waals surface area contributed by atoms with Crippen LogP contribution in [0.5, 0.6) is 5.75 Å². The zero-order valence-electron chi connectivity index (χ0n) is 19.5. The van der Waals surface area contributed by atoms with E-state index in [0.717, 1.165) is 33.3 Å². The minimum Gasteiger partial charge on any atom is -0.497 e. The van der Waals surface area contributed by atoms with E-state index in [9.17, 15) is 14.4 Å². The SMILES string of the molecule is COc1ccc(-n2c(C)cc(C(=O)CN3C(=O)[C@@H](C)N(c4ccc(C)cc4)C3=O)c2C)cc1. The van der Waals surface area contributed by atoms with Crippen LogP contribution in [0.2, 0.25) is 0 Å². The van der Waals surface area contributed by atoms with Crippen molar-refractivity contribution in [2.75, 3.05) is 18.6 Å². The maximum absolute atomic E-state index is 13.2. The molecule has 2 heterocycles. The number of urea groups is 1. The molecule has 1 aromatic heterocycles. The summed E-state index contributed by atoms with van der Waals surface area (Å²) in [6, 6.07) is 15.6. The zero-order valence-corrected chi connectivity index (χ0v) is 19.5. The molecule has 1 atom stereocenters. The molecular formula is C26H27N3O4. The fourth-order valence-corrected chi connectivity index (χ4v) is 4.31. The second-order valence-electron chi connectivity index (χ2n) is 8.33. The van der Waals surface area contributed by atoms with Crippen molar-refractivity contribution in [3.8, 4) is 11.4 Å². The first kappa shape index (κ1) is 22.3. The third-order valence-electron chi connectivity index (χ3n) is 6.12. The molecule has 170 valence electrons. The van der Waals surface area contributed by atoms with Crippen molar-refractivity contribution in [2.24, 2.45) is 0 Å². The highest BCUT2D eigenvalue weighted by Crippen LogP contribution is 2.28. The van der Waals surface area contributed by atoms with Gasteiger partial charge in [-0.1, -0.05) is 17.7 Å². The third-order valence-corrected chi connectivity index (χ3v) is 6.12. The minimum atomic E-state index is -0.667. The molecule has 0 spiro atoms. The summed E-state index contributed by atoms with van der Waals surface area (Å²) < 4.78 is 7.20. The van der Waals surface area contributed by atoms with Gasteiger partial charge in [0.05, 0.1) is 13.7 Å². The fourth-order valence-electron chi connectivity index (χ4n) is 4.31. The van der Waals surface area contributed by atoms with Crippen molar-refractivity contribution < 1.29 is 19.1 Å². The number of carbonyl (C=O) groups is 3. The number of Topliss-reactive ketones (excluding diaryl/α,β-unsaturated/α-hetero) is 1. The second kappa shape index (κ2) is 8.58. The van der Waals surface area contributed by atoms with Gasteiger partial charge in [-0.05, 0) is 70.2 Å². The van der Waals surface area contributed by atoms with Crippen LogP contribution in [0.1, 0.15) is 34.2 Å². The van der Waals surface area contributed by atoms with Gasteiger partial charge in [0.1, 0.15) is 11.8 Å². The number of methoxy groups -OCH3 is 1. The first-order chi connectivity index (χ1) is 15.7. The Labute approximate surface area is 193 Å². The molecule has 0 aliphatic carbocycles. The average Bonchev–Trinajstić information content (AvgIpc) is 3.22. The summed E-state index contributed by atoms with van der Waals surface area (Å²) in [7, 11) is 1.61. The molecule has 7 nitrogen and oxygen atoms in total. The molecule has 33 heavy (non-hydrogen) atoms. The Balaban J connectivity index is 1.58. The highest BCUT2D eigenvalue weighted by molar-refractivity contribution is 6.16. The van der Waals surface area contributed by atoms with Gasteiger partial charge in [-0.15, -0.1) is 0 Å². The molecule has 1 aliphatic heterocycles. The number of aryl methyl sites for hydroxylation is 2. The lowest BCUT2D eigenvalue weighted by Crippen LogP contribution is -2.37. The van der Waals surface area contributed by atoms with Crippen LogP contribution in [0.4, 0.5) is 10.5 Å². The lowest BCUT2D eigenvalue weighted by molar-refractivity contribution is -0.126. The molecule has 0 bridgehead atoms. The second-order valence-corrected chi connectivity index (χ2v) is 8.33. The Hall–Kier alpha value is -3.87. The molecule has 3 amide bonds. The smallest absolute Gasteiger partial charge is 0.332 e. The highest BCUT2D eigenvalue weighted by atomic mass is 16.5. The average molecular weight is 446 g/mol. The van der Waals surface area contributed by atoms with E-state index in [1.54, 1.807) is 20.1 Å². The number of ketones is 1. The maximum Gasteiger partial charge on any atom is 0.332 e. The van der Waals surface area contributed by atoms with E-state index < -0.39 is 12.1 Å². The number of rotatable bonds is 6. The molecule has 7 heteroatoms. The van der Waals surface area contributed by atoms with Crippen molar-refractivity contribution in [3.63, 3.8) is 0 Å². The molecule has 3 aromatic rings. The number of benzene rings is 2. The highest BCUT2D eigenvalue weighted by Gasteiger charge is 2.44. The van der Waals surface area contributed by atoms with Crippen LogP contribution in [0.15, 0.2) is 54.6 Å². The van der Waals surface area contributed by atoms with Crippen LogP contribution >= 0.6 is 0 Å². The van der Waals surface area contributed by atoms with E-state index in [0.29, 0.717) is 11.3 Å². The van der Waals surface area contributed by atoms with E-state index >= 15 is 0 Å². The number of hydrogen-bond donors (Lipinski definition) is 0. The summed E-state index contributed by atoms with van der Waals surface area (Å²) in [4.78, 5) is 41.6. The number of hydrogen-bond acceptors (Lipinski definition) is 4. The number of imide groups is 1. The molecule has 1 aliphatic rings.